The molecule has 266 valence electrons. The number of aryl methyl sites for hydroxylation is 2. The molecule has 2 atom stereocenters. The molecule has 6 rings (SSSR count). The Morgan fingerprint density at radius 1 is 0.880 bits per heavy atom. The van der Waals surface area contributed by atoms with Crippen LogP contribution in [-0.2, 0) is 24.3 Å². The molecule has 3 aliphatic heterocycles. The second-order valence-corrected chi connectivity index (χ2v) is 15.7. The lowest BCUT2D eigenvalue weighted by Crippen LogP contribution is -2.39. The van der Waals surface area contributed by atoms with E-state index in [1.165, 1.54) is 17.7 Å². The maximum absolute atomic E-state index is 16.0. The van der Waals surface area contributed by atoms with Gasteiger partial charge in [0.15, 0.2) is 5.78 Å². The molecule has 3 aliphatic rings. The van der Waals surface area contributed by atoms with E-state index < -0.39 is 17.6 Å². The molecule has 0 saturated carbocycles. The van der Waals surface area contributed by atoms with Crippen molar-refractivity contribution >= 4 is 23.0 Å². The monoisotopic (exact) mass is 681 g/mol. The Morgan fingerprint density at radius 3 is 2.18 bits per heavy atom. The summed E-state index contributed by atoms with van der Waals surface area (Å²) in [5.74, 6) is -0.806. The zero-order chi connectivity index (χ0) is 35.9. The third-order valence-corrected chi connectivity index (χ3v) is 11.6. The predicted molar refractivity (Wildman–Crippen MR) is 198 cm³/mol. The highest BCUT2D eigenvalue weighted by Gasteiger charge is 2.45. The topological polar surface area (TPSA) is 43.9 Å². The number of ketones is 1. The van der Waals surface area contributed by atoms with E-state index in [0.717, 1.165) is 64.6 Å². The van der Waals surface area contributed by atoms with Crippen molar-refractivity contribution in [1.82, 2.24) is 9.80 Å². The Labute approximate surface area is 297 Å². The molecule has 0 aliphatic carbocycles. The van der Waals surface area contributed by atoms with Gasteiger partial charge in [0.05, 0.1) is 6.54 Å². The van der Waals surface area contributed by atoms with Crippen LogP contribution in [0.5, 0.6) is 0 Å². The molecule has 2 fully saturated rings. The quantitative estimate of drug-likeness (QED) is 0.200. The van der Waals surface area contributed by atoms with E-state index in [9.17, 15) is 9.59 Å². The summed E-state index contributed by atoms with van der Waals surface area (Å²) < 4.78 is 31.9. The van der Waals surface area contributed by atoms with Crippen LogP contribution < -0.4 is 4.90 Å². The van der Waals surface area contributed by atoms with Gasteiger partial charge in [0, 0.05) is 67.4 Å². The smallest absolute Gasteiger partial charge is 0.236 e. The molecule has 50 heavy (non-hydrogen) atoms. The van der Waals surface area contributed by atoms with Crippen LogP contribution in [0.3, 0.4) is 0 Å². The molecule has 0 radical (unpaired) electrons. The van der Waals surface area contributed by atoms with E-state index in [0.29, 0.717) is 57.4 Å². The number of Topliss-reactive ketones (excluding diaryl/α,β-unsaturated/α-hetero) is 1. The van der Waals surface area contributed by atoms with Gasteiger partial charge in [-0.3, -0.25) is 14.5 Å². The molecule has 0 aromatic heterocycles. The predicted octanol–water partition coefficient (Wildman–Crippen LogP) is 9.11. The molecule has 5 nitrogen and oxygen atoms in total. The lowest BCUT2D eigenvalue weighted by atomic mass is 9.83. The van der Waals surface area contributed by atoms with E-state index >= 15 is 8.78 Å². The highest BCUT2D eigenvalue weighted by molar-refractivity contribution is 5.96. The molecular weight excluding hydrogens is 628 g/mol. The number of halogens is 2. The van der Waals surface area contributed by atoms with Gasteiger partial charge < -0.3 is 9.80 Å². The van der Waals surface area contributed by atoms with Gasteiger partial charge in [-0.05, 0) is 104 Å². The number of carbonyl (C=O) groups is 2. The molecule has 3 aromatic carbocycles. The zero-order valence-electron chi connectivity index (χ0n) is 31.0. The van der Waals surface area contributed by atoms with Crippen molar-refractivity contribution in [3.8, 4) is 0 Å². The van der Waals surface area contributed by atoms with E-state index in [1.807, 2.05) is 36.9 Å². The zero-order valence-corrected chi connectivity index (χ0v) is 31.0. The molecule has 3 aromatic rings. The second kappa shape index (κ2) is 14.4. The minimum absolute atomic E-state index is 0.0758. The second-order valence-electron chi connectivity index (χ2n) is 15.7. The van der Waals surface area contributed by atoms with Crippen LogP contribution in [0.15, 0.2) is 54.1 Å². The number of carbonyl (C=O) groups excluding carboxylic acids is 2. The van der Waals surface area contributed by atoms with E-state index in [-0.39, 0.29) is 22.7 Å². The number of rotatable bonds is 10. The molecule has 1 spiro atoms. The Hall–Kier alpha value is -3.84. The molecule has 1 amide bonds. The number of fused-ring (bicyclic) bond motifs is 1. The average Bonchev–Trinajstić information content (AvgIpc) is 3.80. The van der Waals surface area contributed by atoms with Crippen molar-refractivity contribution in [3.05, 3.63) is 105 Å². The first kappa shape index (κ1) is 36.0. The largest absolute Gasteiger partial charge is 0.371 e. The highest BCUT2D eigenvalue weighted by Crippen LogP contribution is 2.43. The standard InChI is InChI=1S/C43H53F2N3O2/c1-8-32-18-33-22-46(23-34(33)19-38(32)31(7)49)24-41(50)48-16-14-43(26-48)13-15-47(25-43)35-20-39(44)42(40(45)21-35)30(6)29(5)37(17-27(2)3)36-12-10-9-11-28(36)4/h9-12,18-21,27,30H,8,13-17,22-26H2,1-7H3/b37-29+. The van der Waals surface area contributed by atoms with Crippen LogP contribution in [0.4, 0.5) is 14.5 Å². The van der Waals surface area contributed by atoms with Crippen molar-refractivity contribution in [2.24, 2.45) is 11.3 Å². The van der Waals surface area contributed by atoms with Crippen molar-refractivity contribution in [2.75, 3.05) is 37.6 Å². The number of likely N-dealkylation sites (tertiary alicyclic amines) is 1. The molecule has 0 bridgehead atoms. The molecule has 2 saturated heterocycles. The first-order valence-corrected chi connectivity index (χ1v) is 18.4. The molecule has 7 heteroatoms. The summed E-state index contributed by atoms with van der Waals surface area (Å²) in [6, 6.07) is 15.4. The Kier molecular flexibility index (Phi) is 10.4. The number of benzene rings is 3. The van der Waals surface area contributed by atoms with Gasteiger partial charge in [-0.1, -0.05) is 63.6 Å². The number of hydrogen-bond acceptors (Lipinski definition) is 4. The molecular formula is C43H53F2N3O2. The Morgan fingerprint density at radius 2 is 1.54 bits per heavy atom. The van der Waals surface area contributed by atoms with Gasteiger partial charge >= 0.3 is 0 Å². The summed E-state index contributed by atoms with van der Waals surface area (Å²) in [7, 11) is 0. The lowest BCUT2D eigenvalue weighted by Gasteiger charge is -2.27. The third-order valence-electron chi connectivity index (χ3n) is 11.6. The maximum atomic E-state index is 16.0. The normalized spacial score (nSPS) is 20.2. The Bertz CT molecular complexity index is 1810. The van der Waals surface area contributed by atoms with Crippen molar-refractivity contribution in [1.29, 1.82) is 0 Å². The summed E-state index contributed by atoms with van der Waals surface area (Å²) in [6.45, 7) is 18.5. The Balaban J connectivity index is 1.12. The molecule has 3 heterocycles. The minimum Gasteiger partial charge on any atom is -0.371 e. The fraction of sp³-hybridized carbons (Fsp3) is 0.488. The maximum Gasteiger partial charge on any atom is 0.236 e. The first-order chi connectivity index (χ1) is 23.8. The number of hydrogen-bond donors (Lipinski definition) is 0. The fourth-order valence-corrected chi connectivity index (χ4v) is 8.68. The van der Waals surface area contributed by atoms with Crippen molar-refractivity contribution < 1.29 is 18.4 Å². The summed E-state index contributed by atoms with van der Waals surface area (Å²) in [4.78, 5) is 31.9. The first-order valence-electron chi connectivity index (χ1n) is 18.4. The van der Waals surface area contributed by atoms with E-state index in [1.54, 1.807) is 6.92 Å². The number of amides is 1. The summed E-state index contributed by atoms with van der Waals surface area (Å²) in [5, 5.41) is 0. The van der Waals surface area contributed by atoms with Gasteiger partial charge in [-0.15, -0.1) is 0 Å². The van der Waals surface area contributed by atoms with E-state index in [4.69, 9.17) is 0 Å². The SMILES string of the molecule is CCc1cc2c(cc1C(C)=O)CN(CC(=O)N1CCC3(CCN(c4cc(F)c(C(C)/C(C)=C(\CC(C)C)c5ccccc5C)c(F)c4)C3)C1)C2. The van der Waals surface area contributed by atoms with Crippen LogP contribution in [0.1, 0.15) is 110 Å². The van der Waals surface area contributed by atoms with Gasteiger partial charge in [-0.25, -0.2) is 8.78 Å². The van der Waals surface area contributed by atoms with Gasteiger partial charge in [0.25, 0.3) is 0 Å². The van der Waals surface area contributed by atoms with Crippen molar-refractivity contribution in [2.45, 2.75) is 93.2 Å². The summed E-state index contributed by atoms with van der Waals surface area (Å²) in [5.41, 5.74) is 9.30. The highest BCUT2D eigenvalue weighted by atomic mass is 19.1. The number of nitrogens with zero attached hydrogens (tertiary/aromatic N) is 3. The number of anilines is 1. The summed E-state index contributed by atoms with van der Waals surface area (Å²) >= 11 is 0. The average molecular weight is 682 g/mol. The van der Waals surface area contributed by atoms with Crippen LogP contribution in [0.2, 0.25) is 0 Å². The van der Waals surface area contributed by atoms with Crippen LogP contribution in [0.25, 0.3) is 5.57 Å². The van der Waals surface area contributed by atoms with Gasteiger partial charge in [0.1, 0.15) is 11.6 Å². The fourth-order valence-electron chi connectivity index (χ4n) is 8.68. The van der Waals surface area contributed by atoms with Crippen LogP contribution >= 0.6 is 0 Å². The molecule has 0 N–H and O–H groups in total. The van der Waals surface area contributed by atoms with E-state index in [2.05, 4.69) is 55.7 Å². The van der Waals surface area contributed by atoms with Gasteiger partial charge in [-0.2, -0.15) is 0 Å². The third kappa shape index (κ3) is 7.16. The molecule has 2 unspecified atom stereocenters. The van der Waals surface area contributed by atoms with Crippen LogP contribution in [0, 0.1) is 29.9 Å². The number of allylic oxidation sites excluding steroid dienone is 2. The van der Waals surface area contributed by atoms with Crippen LogP contribution in [-0.4, -0.2) is 54.2 Å². The summed E-state index contributed by atoms with van der Waals surface area (Å²) in [6.07, 6.45) is 3.42. The van der Waals surface area contributed by atoms with Crippen molar-refractivity contribution in [3.63, 3.8) is 0 Å². The van der Waals surface area contributed by atoms with Gasteiger partial charge in [0.2, 0.25) is 5.91 Å². The lowest BCUT2D eigenvalue weighted by molar-refractivity contribution is -0.131. The minimum atomic E-state index is -0.502.